The first-order valence-electron chi connectivity index (χ1n) is 7.92. The normalized spacial score (nSPS) is 18.8. The first-order chi connectivity index (χ1) is 10.1. The number of hydrogen-bond donors (Lipinski definition) is 2. The van der Waals surface area contributed by atoms with Gasteiger partial charge in [-0.25, -0.2) is 0 Å². The molecule has 1 aromatic carbocycles. The Hall–Kier alpha value is -1.39. The smallest absolute Gasteiger partial charge is 0.238 e. The van der Waals surface area contributed by atoms with Gasteiger partial charge in [0.05, 0.1) is 6.54 Å². The predicted octanol–water partition coefficient (Wildman–Crippen LogP) is 2.32. The van der Waals surface area contributed by atoms with Crippen molar-refractivity contribution < 1.29 is 4.79 Å². The molecule has 0 spiro atoms. The fraction of sp³-hybridized carbons (Fsp3) is 0.588. The number of para-hydroxylation sites is 1. The van der Waals surface area contributed by atoms with Crippen molar-refractivity contribution in [1.29, 1.82) is 0 Å². The van der Waals surface area contributed by atoms with Crippen molar-refractivity contribution >= 4 is 11.6 Å². The number of nitrogens with one attached hydrogen (secondary N) is 2. The summed E-state index contributed by atoms with van der Waals surface area (Å²) in [6.07, 6.45) is 2.37. The quantitative estimate of drug-likeness (QED) is 0.874. The van der Waals surface area contributed by atoms with E-state index in [4.69, 9.17) is 0 Å². The van der Waals surface area contributed by atoms with Crippen LogP contribution < -0.4 is 10.6 Å². The molecule has 1 amide bonds. The number of hydrogen-bond acceptors (Lipinski definition) is 3. The Kier molecular flexibility index (Phi) is 5.76. The van der Waals surface area contributed by atoms with Gasteiger partial charge in [-0.2, -0.15) is 0 Å². The molecule has 0 aliphatic carbocycles. The lowest BCUT2D eigenvalue weighted by molar-refractivity contribution is -0.117. The average Bonchev–Trinajstić information content (AvgIpc) is 2.49. The molecule has 1 aliphatic heterocycles. The van der Waals surface area contributed by atoms with Crippen LogP contribution in [0.5, 0.6) is 0 Å². The van der Waals surface area contributed by atoms with Crippen LogP contribution in [-0.2, 0) is 4.79 Å². The summed E-state index contributed by atoms with van der Waals surface area (Å²) in [5.74, 6) is 0.0832. The monoisotopic (exact) mass is 289 g/mol. The highest BCUT2D eigenvalue weighted by molar-refractivity contribution is 5.93. The largest absolute Gasteiger partial charge is 0.324 e. The van der Waals surface area contributed by atoms with Gasteiger partial charge in [0, 0.05) is 18.3 Å². The van der Waals surface area contributed by atoms with E-state index in [1.165, 1.54) is 12.8 Å². The van der Waals surface area contributed by atoms with Crippen LogP contribution in [0.3, 0.4) is 0 Å². The number of amides is 1. The molecule has 116 valence electrons. The van der Waals surface area contributed by atoms with E-state index < -0.39 is 0 Å². The van der Waals surface area contributed by atoms with Crippen molar-refractivity contribution in [3.8, 4) is 0 Å². The summed E-state index contributed by atoms with van der Waals surface area (Å²) in [6.45, 7) is 9.66. The first-order valence-corrected chi connectivity index (χ1v) is 7.92. The lowest BCUT2D eigenvalue weighted by Crippen LogP contribution is -2.48. The van der Waals surface area contributed by atoms with E-state index in [0.717, 1.165) is 36.4 Å². The molecule has 0 bridgehead atoms. The zero-order chi connectivity index (χ0) is 15.2. The Balaban J connectivity index is 1.96. The van der Waals surface area contributed by atoms with Crippen molar-refractivity contribution in [2.24, 2.45) is 0 Å². The van der Waals surface area contributed by atoms with Crippen LogP contribution in [0, 0.1) is 13.8 Å². The Labute approximate surface area is 127 Å². The summed E-state index contributed by atoms with van der Waals surface area (Å²) in [5, 5.41) is 6.50. The summed E-state index contributed by atoms with van der Waals surface area (Å²) in [5.41, 5.74) is 3.19. The zero-order valence-corrected chi connectivity index (χ0v) is 13.4. The molecule has 0 saturated carbocycles. The third-order valence-corrected chi connectivity index (χ3v) is 4.29. The van der Waals surface area contributed by atoms with Crippen LogP contribution in [0.2, 0.25) is 0 Å². The summed E-state index contributed by atoms with van der Waals surface area (Å²) >= 11 is 0. The molecule has 1 unspecified atom stereocenters. The minimum Gasteiger partial charge on any atom is -0.324 e. The van der Waals surface area contributed by atoms with E-state index in [1.54, 1.807) is 0 Å². The first kappa shape index (κ1) is 16.0. The Bertz CT molecular complexity index is 461. The van der Waals surface area contributed by atoms with E-state index in [2.05, 4.69) is 22.5 Å². The highest BCUT2D eigenvalue weighted by atomic mass is 16.2. The summed E-state index contributed by atoms with van der Waals surface area (Å²) < 4.78 is 0. The van der Waals surface area contributed by atoms with Gasteiger partial charge in [0.2, 0.25) is 5.91 Å². The van der Waals surface area contributed by atoms with Crippen LogP contribution in [0.15, 0.2) is 18.2 Å². The highest BCUT2D eigenvalue weighted by Crippen LogP contribution is 2.19. The molecule has 1 aliphatic rings. The van der Waals surface area contributed by atoms with Gasteiger partial charge in [-0.3, -0.25) is 9.69 Å². The number of carbonyl (C=O) groups is 1. The molecule has 1 fully saturated rings. The van der Waals surface area contributed by atoms with Crippen molar-refractivity contribution in [2.45, 2.75) is 39.7 Å². The minimum absolute atomic E-state index is 0.0832. The van der Waals surface area contributed by atoms with Crippen molar-refractivity contribution in [3.05, 3.63) is 29.3 Å². The topological polar surface area (TPSA) is 44.4 Å². The standard InChI is InChI=1S/C17H27N3O/c1-4-20(15-9-6-10-18-11-15)12-16(21)19-17-13(2)7-5-8-14(17)3/h5,7-8,15,18H,4,6,9-12H2,1-3H3,(H,19,21). The third-order valence-electron chi connectivity index (χ3n) is 4.29. The predicted molar refractivity (Wildman–Crippen MR) is 87.7 cm³/mol. The molecule has 21 heavy (non-hydrogen) atoms. The van der Waals surface area contributed by atoms with E-state index in [-0.39, 0.29) is 5.91 Å². The van der Waals surface area contributed by atoms with Gasteiger partial charge in [-0.15, -0.1) is 0 Å². The van der Waals surface area contributed by atoms with Gasteiger partial charge in [-0.1, -0.05) is 25.1 Å². The number of rotatable bonds is 5. The second-order valence-electron chi connectivity index (χ2n) is 5.88. The van der Waals surface area contributed by atoms with Crippen molar-refractivity contribution in [1.82, 2.24) is 10.2 Å². The van der Waals surface area contributed by atoms with Crippen molar-refractivity contribution in [2.75, 3.05) is 31.5 Å². The molecule has 2 rings (SSSR count). The van der Waals surface area contributed by atoms with E-state index in [0.29, 0.717) is 12.6 Å². The Morgan fingerprint density at radius 2 is 2.10 bits per heavy atom. The number of benzene rings is 1. The van der Waals surface area contributed by atoms with Gasteiger partial charge in [0.25, 0.3) is 0 Å². The van der Waals surface area contributed by atoms with Gasteiger partial charge in [0.1, 0.15) is 0 Å². The molecule has 1 atom stereocenters. The van der Waals surface area contributed by atoms with Crippen LogP contribution >= 0.6 is 0 Å². The molecule has 1 aromatic rings. The van der Waals surface area contributed by atoms with E-state index >= 15 is 0 Å². The fourth-order valence-electron chi connectivity index (χ4n) is 3.02. The van der Waals surface area contributed by atoms with Crippen LogP contribution in [0.4, 0.5) is 5.69 Å². The van der Waals surface area contributed by atoms with Crippen LogP contribution in [0.25, 0.3) is 0 Å². The number of piperidine rings is 1. The maximum atomic E-state index is 12.4. The van der Waals surface area contributed by atoms with Gasteiger partial charge >= 0.3 is 0 Å². The maximum absolute atomic E-state index is 12.4. The number of likely N-dealkylation sites (N-methyl/N-ethyl adjacent to an activating group) is 1. The summed E-state index contributed by atoms with van der Waals surface area (Å²) in [4.78, 5) is 14.6. The molecule has 0 aromatic heterocycles. The summed E-state index contributed by atoms with van der Waals surface area (Å²) in [7, 11) is 0. The zero-order valence-electron chi connectivity index (χ0n) is 13.4. The number of aryl methyl sites for hydroxylation is 2. The summed E-state index contributed by atoms with van der Waals surface area (Å²) in [6, 6.07) is 6.57. The van der Waals surface area contributed by atoms with Gasteiger partial charge in [0.15, 0.2) is 0 Å². The number of carbonyl (C=O) groups excluding carboxylic acids is 1. The SMILES string of the molecule is CCN(CC(=O)Nc1c(C)cccc1C)C1CCCNC1. The molecule has 0 radical (unpaired) electrons. The molecule has 1 heterocycles. The number of nitrogens with zero attached hydrogens (tertiary/aromatic N) is 1. The molecule has 4 heteroatoms. The van der Waals surface area contributed by atoms with E-state index in [1.807, 2.05) is 32.0 Å². The second kappa shape index (κ2) is 7.57. The molecule has 4 nitrogen and oxygen atoms in total. The third kappa shape index (κ3) is 4.29. The van der Waals surface area contributed by atoms with Gasteiger partial charge < -0.3 is 10.6 Å². The second-order valence-corrected chi connectivity index (χ2v) is 5.88. The van der Waals surface area contributed by atoms with Crippen LogP contribution in [0.1, 0.15) is 30.9 Å². The van der Waals surface area contributed by atoms with Gasteiger partial charge in [-0.05, 0) is 50.9 Å². The van der Waals surface area contributed by atoms with E-state index in [9.17, 15) is 4.79 Å². The minimum atomic E-state index is 0.0832. The average molecular weight is 289 g/mol. The molecular weight excluding hydrogens is 262 g/mol. The Morgan fingerprint density at radius 3 is 2.67 bits per heavy atom. The lowest BCUT2D eigenvalue weighted by Gasteiger charge is -2.33. The lowest BCUT2D eigenvalue weighted by atomic mass is 10.1. The molecule has 1 saturated heterocycles. The van der Waals surface area contributed by atoms with Crippen LogP contribution in [-0.4, -0.2) is 43.0 Å². The maximum Gasteiger partial charge on any atom is 0.238 e. The Morgan fingerprint density at radius 1 is 1.38 bits per heavy atom. The number of anilines is 1. The van der Waals surface area contributed by atoms with Crippen molar-refractivity contribution in [3.63, 3.8) is 0 Å². The molecule has 2 N–H and O–H groups in total. The molecular formula is C17H27N3O. The fourth-order valence-corrected chi connectivity index (χ4v) is 3.02. The highest BCUT2D eigenvalue weighted by Gasteiger charge is 2.21.